The van der Waals surface area contributed by atoms with Gasteiger partial charge < -0.3 is 14.9 Å². The molecular weight excluding hydrogens is 234 g/mol. The lowest BCUT2D eigenvalue weighted by Gasteiger charge is -2.23. The Labute approximate surface area is 109 Å². The van der Waals surface area contributed by atoms with Crippen LogP contribution in [0.15, 0.2) is 0 Å². The molecule has 0 aliphatic carbocycles. The Morgan fingerprint density at radius 2 is 2.22 bits per heavy atom. The Morgan fingerprint density at radius 1 is 1.44 bits per heavy atom. The van der Waals surface area contributed by atoms with Gasteiger partial charge in [-0.3, -0.25) is 9.69 Å². The molecule has 18 heavy (non-hydrogen) atoms. The van der Waals surface area contributed by atoms with E-state index in [1.54, 1.807) is 0 Å². The normalized spacial score (nSPS) is 24.6. The molecule has 0 radical (unpaired) electrons. The van der Waals surface area contributed by atoms with E-state index in [2.05, 4.69) is 11.8 Å². The van der Waals surface area contributed by atoms with Gasteiger partial charge >= 0.3 is 5.97 Å². The third-order valence-electron chi connectivity index (χ3n) is 3.26. The number of ether oxygens (including phenoxy) is 1. The molecular formula is C13H25NO4. The molecule has 0 spiro atoms. The molecule has 2 atom stereocenters. The predicted octanol–water partition coefficient (Wildman–Crippen LogP) is 1.10. The summed E-state index contributed by atoms with van der Waals surface area (Å²) in [6.07, 6.45) is 3.32. The summed E-state index contributed by atoms with van der Waals surface area (Å²) >= 11 is 0. The van der Waals surface area contributed by atoms with Crippen LogP contribution < -0.4 is 0 Å². The number of β-amino-alcohol motifs (C(OH)–C–C–N with tert-alkyl or cyclic N) is 1. The number of nitrogens with zero attached hydrogens (tertiary/aromatic N) is 1. The standard InChI is InChI=1S/C13H25NO4/c1-2-6-14-9-12(15)8-11(14)10-18-7-4-3-5-13(16)17/h11-12,15H,2-10H2,1H3,(H,16,17)/t11-,12?/m0/s1. The van der Waals surface area contributed by atoms with Gasteiger partial charge in [-0.15, -0.1) is 0 Å². The summed E-state index contributed by atoms with van der Waals surface area (Å²) in [5, 5.41) is 18.1. The highest BCUT2D eigenvalue weighted by molar-refractivity contribution is 5.66. The number of aliphatic carboxylic acids is 1. The molecule has 0 amide bonds. The summed E-state index contributed by atoms with van der Waals surface area (Å²) < 4.78 is 5.58. The van der Waals surface area contributed by atoms with E-state index in [-0.39, 0.29) is 12.5 Å². The molecule has 1 fully saturated rings. The number of unbranched alkanes of at least 4 members (excludes halogenated alkanes) is 1. The second-order valence-corrected chi connectivity index (χ2v) is 4.96. The molecule has 1 unspecified atom stereocenters. The van der Waals surface area contributed by atoms with Crippen LogP contribution in [0.5, 0.6) is 0 Å². The number of carbonyl (C=O) groups is 1. The third-order valence-corrected chi connectivity index (χ3v) is 3.26. The van der Waals surface area contributed by atoms with Crippen LogP contribution >= 0.6 is 0 Å². The van der Waals surface area contributed by atoms with Crippen LogP contribution in [0.4, 0.5) is 0 Å². The summed E-state index contributed by atoms with van der Waals surface area (Å²) in [6.45, 7) is 5.14. The van der Waals surface area contributed by atoms with E-state index < -0.39 is 5.97 Å². The zero-order valence-corrected chi connectivity index (χ0v) is 11.2. The minimum absolute atomic E-state index is 0.216. The van der Waals surface area contributed by atoms with Crippen molar-refractivity contribution < 1.29 is 19.7 Å². The summed E-state index contributed by atoms with van der Waals surface area (Å²) in [7, 11) is 0. The number of carboxylic acid groups (broad SMARTS) is 1. The van der Waals surface area contributed by atoms with Crippen molar-refractivity contribution in [1.82, 2.24) is 4.90 Å². The third kappa shape index (κ3) is 5.80. The minimum atomic E-state index is -0.747. The average molecular weight is 259 g/mol. The molecule has 1 aliphatic rings. The topological polar surface area (TPSA) is 70.0 Å². The summed E-state index contributed by atoms with van der Waals surface area (Å²) in [4.78, 5) is 12.6. The highest BCUT2D eigenvalue weighted by Gasteiger charge is 2.29. The van der Waals surface area contributed by atoms with E-state index in [0.29, 0.717) is 25.7 Å². The summed E-state index contributed by atoms with van der Waals surface area (Å²) in [5.74, 6) is -0.747. The lowest BCUT2D eigenvalue weighted by molar-refractivity contribution is -0.137. The molecule has 1 rings (SSSR count). The van der Waals surface area contributed by atoms with E-state index in [1.165, 1.54) is 0 Å². The van der Waals surface area contributed by atoms with Crippen LogP contribution in [0.3, 0.4) is 0 Å². The van der Waals surface area contributed by atoms with Crippen molar-refractivity contribution in [1.29, 1.82) is 0 Å². The fraction of sp³-hybridized carbons (Fsp3) is 0.923. The molecule has 5 heteroatoms. The van der Waals surface area contributed by atoms with Gasteiger partial charge in [0.2, 0.25) is 0 Å². The molecule has 5 nitrogen and oxygen atoms in total. The van der Waals surface area contributed by atoms with Crippen molar-refractivity contribution in [3.63, 3.8) is 0 Å². The summed E-state index contributed by atoms with van der Waals surface area (Å²) in [6, 6.07) is 0.319. The first-order valence-corrected chi connectivity index (χ1v) is 6.85. The van der Waals surface area contributed by atoms with Crippen molar-refractivity contribution in [2.24, 2.45) is 0 Å². The highest BCUT2D eigenvalue weighted by Crippen LogP contribution is 2.18. The van der Waals surface area contributed by atoms with Gasteiger partial charge in [-0.1, -0.05) is 6.92 Å². The van der Waals surface area contributed by atoms with Crippen molar-refractivity contribution in [2.75, 3.05) is 26.3 Å². The van der Waals surface area contributed by atoms with E-state index >= 15 is 0 Å². The van der Waals surface area contributed by atoms with E-state index in [1.807, 2.05) is 0 Å². The fourth-order valence-electron chi connectivity index (χ4n) is 2.39. The maximum Gasteiger partial charge on any atom is 0.303 e. The lowest BCUT2D eigenvalue weighted by atomic mass is 10.2. The van der Waals surface area contributed by atoms with Gasteiger partial charge in [0, 0.05) is 25.6 Å². The molecule has 1 saturated heterocycles. The van der Waals surface area contributed by atoms with E-state index in [9.17, 15) is 9.90 Å². The Morgan fingerprint density at radius 3 is 2.89 bits per heavy atom. The first kappa shape index (κ1) is 15.4. The van der Waals surface area contributed by atoms with Gasteiger partial charge in [-0.25, -0.2) is 0 Å². The number of aliphatic hydroxyl groups is 1. The Bertz CT molecular complexity index is 247. The maximum absolute atomic E-state index is 10.3. The van der Waals surface area contributed by atoms with Crippen LogP contribution in [0, 0.1) is 0 Å². The maximum atomic E-state index is 10.3. The van der Waals surface area contributed by atoms with Gasteiger partial charge in [0.15, 0.2) is 0 Å². The van der Waals surface area contributed by atoms with Crippen molar-refractivity contribution in [2.45, 2.75) is 51.2 Å². The molecule has 0 aromatic rings. The van der Waals surface area contributed by atoms with Gasteiger partial charge in [0.1, 0.15) is 0 Å². The largest absolute Gasteiger partial charge is 0.481 e. The SMILES string of the molecule is CCCN1CC(O)C[C@H]1COCCCCC(=O)O. The summed E-state index contributed by atoms with van der Waals surface area (Å²) in [5.41, 5.74) is 0. The minimum Gasteiger partial charge on any atom is -0.481 e. The molecule has 1 heterocycles. The number of likely N-dealkylation sites (tertiary alicyclic amines) is 1. The molecule has 2 N–H and O–H groups in total. The zero-order valence-electron chi connectivity index (χ0n) is 11.2. The molecule has 0 bridgehead atoms. The predicted molar refractivity (Wildman–Crippen MR) is 68.6 cm³/mol. The Hall–Kier alpha value is -0.650. The molecule has 1 aliphatic heterocycles. The van der Waals surface area contributed by atoms with Crippen LogP contribution in [0.25, 0.3) is 0 Å². The molecule has 0 aromatic carbocycles. The van der Waals surface area contributed by atoms with Crippen molar-refractivity contribution in [3.05, 3.63) is 0 Å². The molecule has 0 aromatic heterocycles. The average Bonchev–Trinajstić information content (AvgIpc) is 2.64. The van der Waals surface area contributed by atoms with Crippen molar-refractivity contribution in [3.8, 4) is 0 Å². The zero-order chi connectivity index (χ0) is 13.4. The number of carboxylic acids is 1. The smallest absolute Gasteiger partial charge is 0.303 e. The highest BCUT2D eigenvalue weighted by atomic mass is 16.5. The first-order chi connectivity index (χ1) is 8.63. The van der Waals surface area contributed by atoms with Crippen LogP contribution in [0.1, 0.15) is 39.0 Å². The van der Waals surface area contributed by atoms with Gasteiger partial charge in [0.25, 0.3) is 0 Å². The number of rotatable bonds is 9. The van der Waals surface area contributed by atoms with E-state index in [4.69, 9.17) is 9.84 Å². The van der Waals surface area contributed by atoms with Crippen LogP contribution in [-0.4, -0.2) is 59.5 Å². The molecule has 106 valence electrons. The second-order valence-electron chi connectivity index (χ2n) is 4.96. The van der Waals surface area contributed by atoms with Gasteiger partial charge in [-0.2, -0.15) is 0 Å². The lowest BCUT2D eigenvalue weighted by Crippen LogP contribution is -2.34. The van der Waals surface area contributed by atoms with Gasteiger partial charge in [-0.05, 0) is 32.2 Å². The van der Waals surface area contributed by atoms with Gasteiger partial charge in [0.05, 0.1) is 12.7 Å². The first-order valence-electron chi connectivity index (χ1n) is 6.85. The Kier molecular flexibility index (Phi) is 7.23. The number of aliphatic hydroxyl groups excluding tert-OH is 1. The second kappa shape index (κ2) is 8.45. The number of hydrogen-bond acceptors (Lipinski definition) is 4. The number of hydrogen-bond donors (Lipinski definition) is 2. The fourth-order valence-corrected chi connectivity index (χ4v) is 2.39. The van der Waals surface area contributed by atoms with Crippen LogP contribution in [0.2, 0.25) is 0 Å². The Balaban J connectivity index is 2.08. The quantitative estimate of drug-likeness (QED) is 0.607. The van der Waals surface area contributed by atoms with E-state index in [0.717, 1.165) is 32.4 Å². The molecule has 0 saturated carbocycles. The van der Waals surface area contributed by atoms with Crippen LogP contribution in [-0.2, 0) is 9.53 Å². The monoisotopic (exact) mass is 259 g/mol. The van der Waals surface area contributed by atoms with Crippen molar-refractivity contribution >= 4 is 5.97 Å².